The Hall–Kier alpha value is -0.580. The Morgan fingerprint density at radius 2 is 1.94 bits per heavy atom. The number of amides is 1. The first-order valence-electron chi connectivity index (χ1n) is 5.84. The van der Waals surface area contributed by atoms with Gasteiger partial charge in [-0.25, -0.2) is 0 Å². The van der Waals surface area contributed by atoms with E-state index in [-0.39, 0.29) is 5.91 Å². The summed E-state index contributed by atoms with van der Waals surface area (Å²) in [4.78, 5) is 15.2. The summed E-state index contributed by atoms with van der Waals surface area (Å²) >= 11 is 7.37. The largest absolute Gasteiger partial charge is 0.340 e. The molecule has 0 spiro atoms. The molecular weight excluding hydrogens is 268 g/mol. The molecule has 3 nitrogen and oxygen atoms in total. The molecule has 5 heteroatoms. The van der Waals surface area contributed by atoms with Crippen LogP contribution in [0.4, 0.5) is 0 Å². The number of hydrogen-bond donors (Lipinski definition) is 1. The topological polar surface area (TPSA) is 46.3 Å². The van der Waals surface area contributed by atoms with Gasteiger partial charge in [-0.15, -0.1) is 11.3 Å². The van der Waals surface area contributed by atoms with E-state index in [1.165, 1.54) is 11.3 Å². The average Bonchev–Trinajstić information content (AvgIpc) is 2.61. The molecular formula is C13H21ClN2OS. The first-order valence-corrected chi connectivity index (χ1v) is 7.04. The molecule has 0 aromatic carbocycles. The van der Waals surface area contributed by atoms with Crippen molar-refractivity contribution in [3.05, 3.63) is 21.3 Å². The maximum atomic E-state index is 12.4. The molecule has 0 saturated heterocycles. The minimum atomic E-state index is -0.608. The van der Waals surface area contributed by atoms with E-state index in [0.29, 0.717) is 6.54 Å². The summed E-state index contributed by atoms with van der Waals surface area (Å²) in [5, 5.41) is 0. The van der Waals surface area contributed by atoms with Crippen LogP contribution in [0.2, 0.25) is 4.34 Å². The smallest absolute Gasteiger partial charge is 0.230 e. The van der Waals surface area contributed by atoms with Crippen molar-refractivity contribution in [2.45, 2.75) is 39.8 Å². The molecule has 0 aliphatic heterocycles. The van der Waals surface area contributed by atoms with E-state index in [2.05, 4.69) is 0 Å². The molecule has 1 aromatic heterocycles. The minimum Gasteiger partial charge on any atom is -0.340 e. The Morgan fingerprint density at radius 1 is 1.39 bits per heavy atom. The van der Waals surface area contributed by atoms with Crippen LogP contribution in [-0.2, 0) is 11.3 Å². The van der Waals surface area contributed by atoms with E-state index in [4.69, 9.17) is 17.3 Å². The van der Waals surface area contributed by atoms with Gasteiger partial charge in [-0.2, -0.15) is 0 Å². The van der Waals surface area contributed by atoms with Gasteiger partial charge in [0.15, 0.2) is 0 Å². The van der Waals surface area contributed by atoms with Crippen LogP contribution in [0, 0.1) is 5.41 Å². The van der Waals surface area contributed by atoms with Gasteiger partial charge in [0.05, 0.1) is 16.3 Å². The predicted octanol–water partition coefficient (Wildman–Crippen LogP) is 3.12. The number of nitrogens with zero attached hydrogens (tertiary/aromatic N) is 1. The van der Waals surface area contributed by atoms with Crippen molar-refractivity contribution in [1.29, 1.82) is 0 Å². The van der Waals surface area contributed by atoms with Crippen LogP contribution in [0.1, 0.15) is 32.6 Å². The maximum absolute atomic E-state index is 12.4. The molecule has 1 rings (SSSR count). The van der Waals surface area contributed by atoms with Gasteiger partial charge in [0.1, 0.15) is 0 Å². The normalized spacial score (nSPS) is 12.6. The number of halogens is 1. The standard InChI is InChI=1S/C13H21ClN2OS/c1-12(2,13(3,4)15)11(17)16(5)8-9-6-7-10(14)18-9/h6-7H,8,15H2,1-5H3. The summed E-state index contributed by atoms with van der Waals surface area (Å²) in [5.74, 6) is 0.0412. The molecule has 102 valence electrons. The van der Waals surface area contributed by atoms with Crippen molar-refractivity contribution in [2.24, 2.45) is 11.1 Å². The Balaban J connectivity index is 2.79. The zero-order valence-corrected chi connectivity index (χ0v) is 13.2. The molecule has 0 bridgehead atoms. The van der Waals surface area contributed by atoms with Crippen LogP contribution in [0.15, 0.2) is 12.1 Å². The van der Waals surface area contributed by atoms with Gasteiger partial charge in [0.2, 0.25) is 5.91 Å². The maximum Gasteiger partial charge on any atom is 0.230 e. The molecule has 2 N–H and O–H groups in total. The van der Waals surface area contributed by atoms with E-state index in [9.17, 15) is 4.79 Å². The molecule has 0 unspecified atom stereocenters. The molecule has 1 amide bonds. The van der Waals surface area contributed by atoms with Crippen molar-refractivity contribution in [1.82, 2.24) is 4.90 Å². The fourth-order valence-electron chi connectivity index (χ4n) is 1.50. The average molecular weight is 289 g/mol. The van der Waals surface area contributed by atoms with E-state index in [0.717, 1.165) is 9.21 Å². The van der Waals surface area contributed by atoms with Gasteiger partial charge >= 0.3 is 0 Å². The van der Waals surface area contributed by atoms with Crippen LogP contribution in [0.3, 0.4) is 0 Å². The molecule has 18 heavy (non-hydrogen) atoms. The van der Waals surface area contributed by atoms with Crippen molar-refractivity contribution in [3.8, 4) is 0 Å². The third kappa shape index (κ3) is 3.25. The van der Waals surface area contributed by atoms with E-state index in [1.54, 1.807) is 11.9 Å². The van der Waals surface area contributed by atoms with E-state index >= 15 is 0 Å². The van der Waals surface area contributed by atoms with Crippen LogP contribution < -0.4 is 5.73 Å². The van der Waals surface area contributed by atoms with Gasteiger partial charge < -0.3 is 10.6 Å². The molecule has 0 saturated carbocycles. The van der Waals surface area contributed by atoms with Crippen LogP contribution >= 0.6 is 22.9 Å². The quantitative estimate of drug-likeness (QED) is 0.925. The zero-order valence-electron chi connectivity index (χ0n) is 11.6. The lowest BCUT2D eigenvalue weighted by atomic mass is 9.74. The first kappa shape index (κ1) is 15.5. The fraction of sp³-hybridized carbons (Fsp3) is 0.615. The molecule has 0 aliphatic rings. The minimum absolute atomic E-state index is 0.0412. The van der Waals surface area contributed by atoms with E-state index < -0.39 is 11.0 Å². The zero-order chi connectivity index (χ0) is 14.1. The number of carbonyl (C=O) groups excluding carboxylic acids is 1. The summed E-state index contributed by atoms with van der Waals surface area (Å²) in [6.45, 7) is 8.08. The SMILES string of the molecule is CN(Cc1ccc(Cl)s1)C(=O)C(C)(C)C(C)(C)N. The molecule has 1 heterocycles. The van der Waals surface area contributed by atoms with Crippen LogP contribution in [0.25, 0.3) is 0 Å². The van der Waals surface area contributed by atoms with Crippen molar-refractivity contribution in [2.75, 3.05) is 7.05 Å². The number of thiophene rings is 1. The van der Waals surface area contributed by atoms with Gasteiger partial charge in [-0.05, 0) is 39.8 Å². The van der Waals surface area contributed by atoms with Gasteiger partial charge in [-0.3, -0.25) is 4.79 Å². The molecule has 0 aliphatic carbocycles. The predicted molar refractivity (Wildman–Crippen MR) is 77.9 cm³/mol. The summed E-state index contributed by atoms with van der Waals surface area (Å²) in [5.41, 5.74) is 4.91. The highest BCUT2D eigenvalue weighted by Crippen LogP contribution is 2.31. The third-order valence-electron chi connectivity index (χ3n) is 3.51. The summed E-state index contributed by atoms with van der Waals surface area (Å²) in [6, 6.07) is 3.79. The first-order chi connectivity index (χ1) is 8.05. The summed E-state index contributed by atoms with van der Waals surface area (Å²) < 4.78 is 0.740. The highest BCUT2D eigenvalue weighted by molar-refractivity contribution is 7.16. The molecule has 0 radical (unpaired) electrons. The highest BCUT2D eigenvalue weighted by Gasteiger charge is 2.41. The van der Waals surface area contributed by atoms with Gasteiger partial charge in [0.25, 0.3) is 0 Å². The number of carbonyl (C=O) groups is 1. The fourth-order valence-corrected chi connectivity index (χ4v) is 2.64. The highest BCUT2D eigenvalue weighted by atomic mass is 35.5. The summed E-state index contributed by atoms with van der Waals surface area (Å²) in [7, 11) is 1.80. The van der Waals surface area contributed by atoms with Crippen LogP contribution in [0.5, 0.6) is 0 Å². The van der Waals surface area contributed by atoms with Crippen molar-refractivity contribution in [3.63, 3.8) is 0 Å². The Bertz CT molecular complexity index is 434. The molecule has 0 fully saturated rings. The monoisotopic (exact) mass is 288 g/mol. The number of rotatable bonds is 4. The number of nitrogens with two attached hydrogens (primary N) is 1. The third-order valence-corrected chi connectivity index (χ3v) is 4.73. The Morgan fingerprint density at radius 3 is 2.33 bits per heavy atom. The lowest BCUT2D eigenvalue weighted by Crippen LogP contribution is -2.55. The van der Waals surface area contributed by atoms with Gasteiger partial charge in [0, 0.05) is 17.5 Å². The van der Waals surface area contributed by atoms with Crippen LogP contribution in [-0.4, -0.2) is 23.4 Å². The Labute approximate surface area is 118 Å². The Kier molecular flexibility index (Phi) is 4.47. The van der Waals surface area contributed by atoms with Crippen molar-refractivity contribution >= 4 is 28.8 Å². The molecule has 1 aromatic rings. The summed E-state index contributed by atoms with van der Waals surface area (Å²) in [6.07, 6.45) is 0. The van der Waals surface area contributed by atoms with E-state index in [1.807, 2.05) is 39.8 Å². The second-order valence-corrected chi connectivity index (χ2v) is 7.51. The second kappa shape index (κ2) is 5.19. The van der Waals surface area contributed by atoms with Gasteiger partial charge in [-0.1, -0.05) is 11.6 Å². The number of hydrogen-bond acceptors (Lipinski definition) is 3. The lowest BCUT2D eigenvalue weighted by Gasteiger charge is -2.39. The van der Waals surface area contributed by atoms with Crippen molar-refractivity contribution < 1.29 is 4.79 Å². The molecule has 0 atom stereocenters. The second-order valence-electron chi connectivity index (χ2n) is 5.71. The lowest BCUT2D eigenvalue weighted by molar-refractivity contribution is -0.142.